The summed E-state index contributed by atoms with van der Waals surface area (Å²) in [5.41, 5.74) is 6.96. The Morgan fingerprint density at radius 2 is 1.84 bits per heavy atom. The molecule has 31 heavy (non-hydrogen) atoms. The number of carbonyl (C=O) groups is 2. The highest BCUT2D eigenvalue weighted by Gasteiger charge is 2.20. The summed E-state index contributed by atoms with van der Waals surface area (Å²) in [5.74, 6) is -2.34. The largest absolute Gasteiger partial charge is 0.383 e. The summed E-state index contributed by atoms with van der Waals surface area (Å²) in [5, 5.41) is 0. The topological polar surface area (TPSA) is 89.2 Å². The minimum atomic E-state index is -1.11. The summed E-state index contributed by atoms with van der Waals surface area (Å²) in [7, 11) is 1.39. The van der Waals surface area contributed by atoms with E-state index in [9.17, 15) is 18.4 Å². The maximum Gasteiger partial charge on any atom is 0.226 e. The lowest BCUT2D eigenvalue weighted by atomic mass is 10.0. The Morgan fingerprint density at radius 3 is 2.48 bits per heavy atom. The van der Waals surface area contributed by atoms with Crippen molar-refractivity contribution in [1.29, 1.82) is 0 Å². The normalized spacial score (nSPS) is 10.7. The number of nitrogens with zero attached hydrogens (tertiary/aromatic N) is 3. The molecule has 0 aliphatic rings. The highest BCUT2D eigenvalue weighted by Crippen LogP contribution is 2.30. The molecule has 8 heteroatoms. The third-order valence-electron chi connectivity index (χ3n) is 5.01. The summed E-state index contributed by atoms with van der Waals surface area (Å²) in [6.45, 7) is 1.64. The van der Waals surface area contributed by atoms with E-state index in [1.54, 1.807) is 25.3 Å². The number of ketones is 1. The van der Waals surface area contributed by atoms with Crippen LogP contribution in [0.3, 0.4) is 0 Å². The zero-order valence-electron chi connectivity index (χ0n) is 17.2. The number of amides is 1. The van der Waals surface area contributed by atoms with E-state index in [4.69, 9.17) is 5.73 Å². The van der Waals surface area contributed by atoms with E-state index in [1.165, 1.54) is 37.5 Å². The van der Waals surface area contributed by atoms with Crippen LogP contribution in [0.25, 0.3) is 11.1 Å². The van der Waals surface area contributed by atoms with Gasteiger partial charge in [0.2, 0.25) is 5.91 Å². The average molecular weight is 424 g/mol. The van der Waals surface area contributed by atoms with Crippen molar-refractivity contribution in [3.8, 4) is 11.1 Å². The van der Waals surface area contributed by atoms with E-state index in [2.05, 4.69) is 9.97 Å². The van der Waals surface area contributed by atoms with Gasteiger partial charge in [-0.2, -0.15) is 0 Å². The predicted molar refractivity (Wildman–Crippen MR) is 115 cm³/mol. The first-order valence-electron chi connectivity index (χ1n) is 9.77. The Labute approximate surface area is 178 Å². The van der Waals surface area contributed by atoms with Gasteiger partial charge in [0.05, 0.1) is 5.69 Å². The molecule has 6 nitrogen and oxygen atoms in total. The van der Waals surface area contributed by atoms with Crippen LogP contribution in [0.5, 0.6) is 0 Å². The van der Waals surface area contributed by atoms with E-state index in [-0.39, 0.29) is 41.5 Å². The van der Waals surface area contributed by atoms with Gasteiger partial charge in [-0.25, -0.2) is 13.8 Å². The first kappa shape index (κ1) is 22.0. The molecule has 0 saturated heterocycles. The molecule has 0 aliphatic heterocycles. The fraction of sp³-hybridized carbons (Fsp3) is 0.217. The summed E-state index contributed by atoms with van der Waals surface area (Å²) in [6, 6.07) is 9.27. The number of pyridine rings is 2. The van der Waals surface area contributed by atoms with Gasteiger partial charge < -0.3 is 10.6 Å². The molecule has 3 aromatic rings. The Hall–Kier alpha value is -3.68. The molecule has 0 atom stereocenters. The number of aromatic nitrogens is 2. The smallest absolute Gasteiger partial charge is 0.226 e. The SMILES string of the molecule is CCC(=O)N(C)c1ccc(-c2ccc(C(=O)CCc3cccnc3N)nc2)c(F)c1F. The fourth-order valence-corrected chi connectivity index (χ4v) is 3.15. The molecule has 0 aliphatic carbocycles. The highest BCUT2D eigenvalue weighted by molar-refractivity contribution is 5.95. The van der Waals surface area contributed by atoms with E-state index in [1.807, 2.05) is 0 Å². The van der Waals surface area contributed by atoms with Gasteiger partial charge in [-0.3, -0.25) is 14.6 Å². The van der Waals surface area contributed by atoms with Gasteiger partial charge in [-0.15, -0.1) is 0 Å². The van der Waals surface area contributed by atoms with Gasteiger partial charge in [-0.1, -0.05) is 19.1 Å². The Balaban J connectivity index is 1.76. The zero-order chi connectivity index (χ0) is 22.5. The number of Topliss-reactive ketones (excluding diaryl/α,β-unsaturated/α-hetero) is 1. The number of rotatable bonds is 7. The lowest BCUT2D eigenvalue weighted by molar-refractivity contribution is -0.118. The minimum Gasteiger partial charge on any atom is -0.383 e. The maximum atomic E-state index is 14.7. The van der Waals surface area contributed by atoms with Crippen molar-refractivity contribution < 1.29 is 18.4 Å². The Bertz CT molecular complexity index is 1120. The third-order valence-corrected chi connectivity index (χ3v) is 5.01. The zero-order valence-corrected chi connectivity index (χ0v) is 17.2. The minimum absolute atomic E-state index is 0.00627. The number of hydrogen-bond acceptors (Lipinski definition) is 5. The first-order valence-corrected chi connectivity index (χ1v) is 9.77. The van der Waals surface area contributed by atoms with Gasteiger partial charge in [0.15, 0.2) is 17.4 Å². The van der Waals surface area contributed by atoms with Crippen LogP contribution in [-0.2, 0) is 11.2 Å². The van der Waals surface area contributed by atoms with Crippen molar-refractivity contribution in [2.24, 2.45) is 0 Å². The molecule has 0 radical (unpaired) electrons. The maximum absolute atomic E-state index is 14.7. The van der Waals surface area contributed by atoms with Crippen LogP contribution in [0, 0.1) is 11.6 Å². The number of halogens is 2. The van der Waals surface area contributed by atoms with Crippen LogP contribution in [0.15, 0.2) is 48.8 Å². The second-order valence-electron chi connectivity index (χ2n) is 6.97. The lowest BCUT2D eigenvalue weighted by Crippen LogP contribution is -2.26. The molecule has 2 aromatic heterocycles. The van der Waals surface area contributed by atoms with Crippen LogP contribution in [0.2, 0.25) is 0 Å². The molecule has 0 bridgehead atoms. The summed E-state index contributed by atoms with van der Waals surface area (Å²) < 4.78 is 29.2. The van der Waals surface area contributed by atoms with Gasteiger partial charge >= 0.3 is 0 Å². The van der Waals surface area contributed by atoms with E-state index >= 15 is 0 Å². The van der Waals surface area contributed by atoms with E-state index < -0.39 is 11.6 Å². The van der Waals surface area contributed by atoms with Gasteiger partial charge in [0, 0.05) is 43.4 Å². The van der Waals surface area contributed by atoms with Crippen molar-refractivity contribution in [2.75, 3.05) is 17.7 Å². The molecule has 2 N–H and O–H groups in total. The molecule has 0 spiro atoms. The second kappa shape index (κ2) is 9.42. The fourth-order valence-electron chi connectivity index (χ4n) is 3.15. The van der Waals surface area contributed by atoms with E-state index in [0.717, 1.165) is 10.5 Å². The van der Waals surface area contributed by atoms with Crippen molar-refractivity contribution in [3.05, 3.63) is 71.7 Å². The molecular formula is C23H22F2N4O2. The van der Waals surface area contributed by atoms with Gasteiger partial charge in [0.1, 0.15) is 11.5 Å². The number of aryl methyl sites for hydroxylation is 1. The van der Waals surface area contributed by atoms with Crippen LogP contribution in [0.1, 0.15) is 35.8 Å². The van der Waals surface area contributed by atoms with Crippen molar-refractivity contribution in [1.82, 2.24) is 9.97 Å². The third kappa shape index (κ3) is 4.74. The van der Waals surface area contributed by atoms with Gasteiger partial charge in [0.25, 0.3) is 0 Å². The molecule has 0 fully saturated rings. The number of nitrogens with two attached hydrogens (primary N) is 1. The molecule has 160 valence electrons. The summed E-state index contributed by atoms with van der Waals surface area (Å²) in [6.07, 6.45) is 3.69. The number of hydrogen-bond donors (Lipinski definition) is 1. The molecule has 0 saturated carbocycles. The number of anilines is 2. The monoisotopic (exact) mass is 424 g/mol. The average Bonchev–Trinajstić information content (AvgIpc) is 2.79. The van der Waals surface area contributed by atoms with Crippen LogP contribution < -0.4 is 10.6 Å². The predicted octanol–water partition coefficient (Wildman–Crippen LogP) is 4.19. The van der Waals surface area contributed by atoms with Crippen molar-refractivity contribution in [3.63, 3.8) is 0 Å². The Morgan fingerprint density at radius 1 is 1.06 bits per heavy atom. The lowest BCUT2D eigenvalue weighted by Gasteiger charge is -2.18. The van der Waals surface area contributed by atoms with Gasteiger partial charge in [-0.05, 0) is 36.2 Å². The summed E-state index contributed by atoms with van der Waals surface area (Å²) >= 11 is 0. The first-order chi connectivity index (χ1) is 14.8. The number of benzene rings is 1. The quantitative estimate of drug-likeness (QED) is 0.575. The van der Waals surface area contributed by atoms with Crippen LogP contribution in [0.4, 0.5) is 20.3 Å². The standard InChI is InChI=1S/C23H22F2N4O2/c1-3-20(31)29(2)18-10-8-16(21(24)22(18)25)15-6-9-17(28-13-15)19(30)11-7-14-5-4-12-27-23(14)26/h4-6,8-10,12-13H,3,7,11H2,1-2H3,(H2,26,27). The highest BCUT2D eigenvalue weighted by atomic mass is 19.2. The van der Waals surface area contributed by atoms with Crippen LogP contribution >= 0.6 is 0 Å². The molecule has 1 aromatic carbocycles. The van der Waals surface area contributed by atoms with Crippen LogP contribution in [-0.4, -0.2) is 28.7 Å². The molecule has 1 amide bonds. The number of carbonyl (C=O) groups excluding carboxylic acids is 2. The number of nitrogen functional groups attached to an aromatic ring is 1. The second-order valence-corrected chi connectivity index (χ2v) is 6.97. The molecule has 0 unspecified atom stereocenters. The van der Waals surface area contributed by atoms with E-state index in [0.29, 0.717) is 17.8 Å². The molecular weight excluding hydrogens is 402 g/mol. The van der Waals surface area contributed by atoms with Crippen molar-refractivity contribution >= 4 is 23.2 Å². The Kier molecular flexibility index (Phi) is 6.69. The molecule has 2 heterocycles. The summed E-state index contributed by atoms with van der Waals surface area (Å²) in [4.78, 5) is 33.4. The van der Waals surface area contributed by atoms with Crippen molar-refractivity contribution in [2.45, 2.75) is 26.2 Å². The molecule has 3 rings (SSSR count).